The van der Waals surface area contributed by atoms with Gasteiger partial charge in [0.1, 0.15) is 5.82 Å². The highest BCUT2D eigenvalue weighted by atomic mass is 19.1. The molecule has 2 atom stereocenters. The maximum atomic E-state index is 12.9. The highest BCUT2D eigenvalue weighted by molar-refractivity contribution is 5.27. The molecule has 0 saturated heterocycles. The zero-order valence-electron chi connectivity index (χ0n) is 9.97. The Morgan fingerprint density at radius 2 is 2.00 bits per heavy atom. The fraction of sp³-hybridized carbons (Fsp3) is 0.538. The number of halogens is 1. The monoisotopic (exact) mass is 209 g/mol. The third kappa shape index (κ3) is 3.31. The van der Waals surface area contributed by atoms with Crippen LogP contribution in [0.2, 0.25) is 0 Å². The van der Waals surface area contributed by atoms with Crippen molar-refractivity contribution in [3.8, 4) is 0 Å². The molecule has 1 aromatic carbocycles. The van der Waals surface area contributed by atoms with Crippen LogP contribution in [-0.4, -0.2) is 13.1 Å². The molecular formula is C13H20FN. The zero-order valence-corrected chi connectivity index (χ0v) is 9.97. The molecule has 0 aliphatic rings. The summed E-state index contributed by atoms with van der Waals surface area (Å²) in [5, 5.41) is 3.24. The van der Waals surface area contributed by atoms with Gasteiger partial charge in [-0.1, -0.05) is 13.0 Å². The average molecular weight is 209 g/mol. The number of hydrogen-bond donors (Lipinski definition) is 1. The lowest BCUT2D eigenvalue weighted by molar-refractivity contribution is 0.423. The Kier molecular flexibility index (Phi) is 4.28. The number of rotatable bonds is 4. The first-order valence-electron chi connectivity index (χ1n) is 5.47. The first-order valence-corrected chi connectivity index (χ1v) is 5.47. The summed E-state index contributed by atoms with van der Waals surface area (Å²) in [6.45, 7) is 6.35. The van der Waals surface area contributed by atoms with Crippen molar-refractivity contribution >= 4 is 0 Å². The normalized spacial score (nSPS) is 15.0. The first kappa shape index (κ1) is 12.2. The highest BCUT2D eigenvalue weighted by Crippen LogP contribution is 2.16. The van der Waals surface area contributed by atoms with Gasteiger partial charge < -0.3 is 5.32 Å². The Morgan fingerprint density at radius 1 is 1.33 bits per heavy atom. The lowest BCUT2D eigenvalue weighted by Crippen LogP contribution is -2.30. The van der Waals surface area contributed by atoms with E-state index in [1.165, 1.54) is 5.56 Å². The Balaban J connectivity index is 2.72. The van der Waals surface area contributed by atoms with Gasteiger partial charge in [0.2, 0.25) is 0 Å². The lowest BCUT2D eigenvalue weighted by atomic mass is 9.93. The van der Waals surface area contributed by atoms with Crippen LogP contribution in [0, 0.1) is 18.7 Å². The number of hydrogen-bond acceptors (Lipinski definition) is 1. The number of aryl methyl sites for hydroxylation is 1. The molecule has 1 rings (SSSR count). The van der Waals surface area contributed by atoms with Gasteiger partial charge in [-0.25, -0.2) is 4.39 Å². The van der Waals surface area contributed by atoms with E-state index in [9.17, 15) is 4.39 Å². The molecule has 0 saturated carbocycles. The molecule has 0 amide bonds. The van der Waals surface area contributed by atoms with Crippen molar-refractivity contribution in [2.24, 2.45) is 5.92 Å². The number of benzene rings is 1. The second-order valence-corrected chi connectivity index (χ2v) is 4.33. The fourth-order valence-corrected chi connectivity index (χ4v) is 1.70. The average Bonchev–Trinajstić information content (AvgIpc) is 2.20. The summed E-state index contributed by atoms with van der Waals surface area (Å²) < 4.78 is 12.9. The Morgan fingerprint density at radius 3 is 2.53 bits per heavy atom. The van der Waals surface area contributed by atoms with E-state index in [4.69, 9.17) is 0 Å². The minimum atomic E-state index is -0.148. The second-order valence-electron chi connectivity index (χ2n) is 4.33. The molecule has 84 valence electrons. The van der Waals surface area contributed by atoms with Crippen LogP contribution in [0.1, 0.15) is 25.0 Å². The molecule has 2 heteroatoms. The van der Waals surface area contributed by atoms with Crippen LogP contribution < -0.4 is 5.32 Å². The predicted octanol–water partition coefficient (Wildman–Crippen LogP) is 2.92. The first-order chi connectivity index (χ1) is 7.04. The smallest absolute Gasteiger partial charge is 0.123 e. The molecule has 0 aliphatic heterocycles. The molecule has 0 radical (unpaired) electrons. The van der Waals surface area contributed by atoms with Crippen LogP contribution in [-0.2, 0) is 6.42 Å². The molecule has 0 aromatic heterocycles. The van der Waals surface area contributed by atoms with E-state index in [0.717, 1.165) is 12.0 Å². The molecule has 0 heterocycles. The molecule has 0 spiro atoms. The lowest BCUT2D eigenvalue weighted by Gasteiger charge is -2.20. The van der Waals surface area contributed by atoms with E-state index >= 15 is 0 Å². The van der Waals surface area contributed by atoms with Crippen molar-refractivity contribution in [2.45, 2.75) is 33.2 Å². The van der Waals surface area contributed by atoms with E-state index in [2.05, 4.69) is 19.2 Å². The van der Waals surface area contributed by atoms with Crippen LogP contribution in [0.5, 0.6) is 0 Å². The Bertz CT molecular complexity index is 322. The largest absolute Gasteiger partial charge is 0.317 e. The fourth-order valence-electron chi connectivity index (χ4n) is 1.70. The van der Waals surface area contributed by atoms with Crippen molar-refractivity contribution < 1.29 is 4.39 Å². The van der Waals surface area contributed by atoms with E-state index in [-0.39, 0.29) is 5.82 Å². The molecule has 2 unspecified atom stereocenters. The summed E-state index contributed by atoms with van der Waals surface area (Å²) in [7, 11) is 1.97. The molecule has 1 nitrogen and oxygen atoms in total. The van der Waals surface area contributed by atoms with Gasteiger partial charge in [0, 0.05) is 6.04 Å². The summed E-state index contributed by atoms with van der Waals surface area (Å²) in [6.07, 6.45) is 0.994. The van der Waals surface area contributed by atoms with Gasteiger partial charge >= 0.3 is 0 Å². The summed E-state index contributed by atoms with van der Waals surface area (Å²) in [5.74, 6) is 0.407. The van der Waals surface area contributed by atoms with Gasteiger partial charge in [0.05, 0.1) is 0 Å². The second kappa shape index (κ2) is 5.26. The molecule has 1 aromatic rings. The third-order valence-corrected chi connectivity index (χ3v) is 3.16. The SMILES string of the molecule is CNC(C)C(C)Cc1ccc(F)cc1C. The zero-order chi connectivity index (χ0) is 11.4. The van der Waals surface area contributed by atoms with E-state index in [1.54, 1.807) is 12.1 Å². The predicted molar refractivity (Wildman–Crippen MR) is 62.5 cm³/mol. The molecule has 0 bridgehead atoms. The maximum Gasteiger partial charge on any atom is 0.123 e. The van der Waals surface area contributed by atoms with Crippen LogP contribution >= 0.6 is 0 Å². The standard InChI is InChI=1S/C13H20FN/c1-9(11(3)15-4)7-12-5-6-13(14)8-10(12)2/h5-6,8-9,11,15H,7H2,1-4H3. The molecule has 0 aliphatic carbocycles. The minimum Gasteiger partial charge on any atom is -0.317 e. The molecule has 0 fully saturated rings. The van der Waals surface area contributed by atoms with Gasteiger partial charge in [-0.15, -0.1) is 0 Å². The summed E-state index contributed by atoms with van der Waals surface area (Å²) in [5.41, 5.74) is 2.29. The third-order valence-electron chi connectivity index (χ3n) is 3.16. The van der Waals surface area contributed by atoms with Crippen molar-refractivity contribution in [3.63, 3.8) is 0 Å². The Labute approximate surface area is 91.7 Å². The van der Waals surface area contributed by atoms with Crippen LogP contribution in [0.4, 0.5) is 4.39 Å². The molecule has 1 N–H and O–H groups in total. The maximum absolute atomic E-state index is 12.9. The van der Waals surface area contributed by atoms with Gasteiger partial charge in [-0.05, 0) is 56.5 Å². The quantitative estimate of drug-likeness (QED) is 0.804. The van der Waals surface area contributed by atoms with E-state index in [0.29, 0.717) is 12.0 Å². The van der Waals surface area contributed by atoms with E-state index < -0.39 is 0 Å². The van der Waals surface area contributed by atoms with Crippen molar-refractivity contribution in [1.82, 2.24) is 5.32 Å². The molecule has 15 heavy (non-hydrogen) atoms. The number of nitrogens with one attached hydrogen (secondary N) is 1. The van der Waals surface area contributed by atoms with Gasteiger partial charge in [-0.2, -0.15) is 0 Å². The topological polar surface area (TPSA) is 12.0 Å². The Hall–Kier alpha value is -0.890. The van der Waals surface area contributed by atoms with Gasteiger partial charge in [0.15, 0.2) is 0 Å². The minimum absolute atomic E-state index is 0.148. The van der Waals surface area contributed by atoms with Crippen LogP contribution in [0.25, 0.3) is 0 Å². The van der Waals surface area contributed by atoms with Crippen LogP contribution in [0.15, 0.2) is 18.2 Å². The van der Waals surface area contributed by atoms with Crippen LogP contribution in [0.3, 0.4) is 0 Å². The van der Waals surface area contributed by atoms with Gasteiger partial charge in [-0.3, -0.25) is 0 Å². The molecular weight excluding hydrogens is 189 g/mol. The van der Waals surface area contributed by atoms with Crippen molar-refractivity contribution in [1.29, 1.82) is 0 Å². The highest BCUT2D eigenvalue weighted by Gasteiger charge is 2.12. The van der Waals surface area contributed by atoms with Crippen molar-refractivity contribution in [3.05, 3.63) is 35.1 Å². The van der Waals surface area contributed by atoms with Crippen molar-refractivity contribution in [2.75, 3.05) is 7.05 Å². The van der Waals surface area contributed by atoms with Gasteiger partial charge in [0.25, 0.3) is 0 Å². The van der Waals surface area contributed by atoms with E-state index in [1.807, 2.05) is 20.0 Å². The summed E-state index contributed by atoms with van der Waals surface area (Å²) in [4.78, 5) is 0. The summed E-state index contributed by atoms with van der Waals surface area (Å²) in [6, 6.07) is 5.52. The summed E-state index contributed by atoms with van der Waals surface area (Å²) >= 11 is 0.